The van der Waals surface area contributed by atoms with E-state index < -0.39 is 6.10 Å². The van der Waals surface area contributed by atoms with E-state index in [0.29, 0.717) is 12.6 Å². The molecule has 2 heteroatoms. The van der Waals surface area contributed by atoms with Gasteiger partial charge in [-0.2, -0.15) is 0 Å². The summed E-state index contributed by atoms with van der Waals surface area (Å²) in [5, 5.41) is 13.6. The molecule has 0 aliphatic rings. The van der Waals surface area contributed by atoms with E-state index in [1.54, 1.807) is 0 Å². The molecule has 2 nitrogen and oxygen atoms in total. The molecule has 0 spiro atoms. The van der Waals surface area contributed by atoms with Crippen LogP contribution < -0.4 is 5.32 Å². The second-order valence-corrected chi connectivity index (χ2v) is 5.03. The highest BCUT2D eigenvalue weighted by atomic mass is 16.3. The van der Waals surface area contributed by atoms with Crippen LogP contribution in [0.4, 0.5) is 0 Å². The van der Waals surface area contributed by atoms with Gasteiger partial charge in [-0.05, 0) is 16.7 Å². The van der Waals surface area contributed by atoms with Gasteiger partial charge in [0.15, 0.2) is 0 Å². The molecule has 1 unspecified atom stereocenters. The smallest absolute Gasteiger partial charge is 0.0920 e. The minimum atomic E-state index is -0.487. The molecule has 0 saturated heterocycles. The van der Waals surface area contributed by atoms with Crippen molar-refractivity contribution in [2.75, 3.05) is 6.54 Å². The normalized spacial score (nSPS) is 12.6. The lowest BCUT2D eigenvalue weighted by molar-refractivity contribution is 0.172. The van der Waals surface area contributed by atoms with Crippen molar-refractivity contribution >= 4 is 0 Å². The third-order valence-electron chi connectivity index (χ3n) is 3.12. The zero-order chi connectivity index (χ0) is 13.7. The third kappa shape index (κ3) is 3.66. The number of nitrogens with one attached hydrogen (secondary N) is 1. The van der Waals surface area contributed by atoms with Crippen molar-refractivity contribution in [3.05, 3.63) is 60.2 Å². The molecule has 0 aliphatic carbocycles. The zero-order valence-electron chi connectivity index (χ0n) is 11.5. The summed E-state index contributed by atoms with van der Waals surface area (Å²) in [4.78, 5) is 0. The lowest BCUT2D eigenvalue weighted by atomic mass is 9.96. The van der Waals surface area contributed by atoms with Crippen LogP contribution in [0.25, 0.3) is 11.1 Å². The van der Waals surface area contributed by atoms with Gasteiger partial charge in [-0.15, -0.1) is 0 Å². The first kappa shape index (κ1) is 13.8. The van der Waals surface area contributed by atoms with E-state index in [0.717, 1.165) is 16.7 Å². The van der Waals surface area contributed by atoms with E-state index in [2.05, 4.69) is 37.4 Å². The molecule has 0 amide bonds. The van der Waals surface area contributed by atoms with Crippen LogP contribution in [0.15, 0.2) is 54.6 Å². The number of benzene rings is 2. The highest BCUT2D eigenvalue weighted by Gasteiger charge is 2.13. The number of hydrogen-bond acceptors (Lipinski definition) is 2. The van der Waals surface area contributed by atoms with Crippen molar-refractivity contribution in [1.29, 1.82) is 0 Å². The van der Waals surface area contributed by atoms with Crippen molar-refractivity contribution in [1.82, 2.24) is 5.32 Å². The SMILES string of the molecule is CC(C)NCC(O)c1ccccc1-c1ccccc1. The number of aliphatic hydroxyl groups excluding tert-OH is 1. The molecule has 0 saturated carbocycles. The molecule has 19 heavy (non-hydrogen) atoms. The Morgan fingerprint density at radius 3 is 2.26 bits per heavy atom. The Labute approximate surface area is 115 Å². The molecular formula is C17H21NO. The van der Waals surface area contributed by atoms with E-state index >= 15 is 0 Å². The van der Waals surface area contributed by atoms with Crippen LogP contribution in [0.3, 0.4) is 0 Å². The summed E-state index contributed by atoms with van der Waals surface area (Å²) < 4.78 is 0. The summed E-state index contributed by atoms with van der Waals surface area (Å²) in [7, 11) is 0. The topological polar surface area (TPSA) is 32.3 Å². The summed E-state index contributed by atoms with van der Waals surface area (Å²) in [6, 6.07) is 18.6. The molecule has 1 atom stereocenters. The molecule has 0 radical (unpaired) electrons. The molecule has 2 rings (SSSR count). The van der Waals surface area contributed by atoms with Gasteiger partial charge in [0.25, 0.3) is 0 Å². The summed E-state index contributed by atoms with van der Waals surface area (Å²) in [5.74, 6) is 0. The molecule has 100 valence electrons. The van der Waals surface area contributed by atoms with Crippen LogP contribution in [-0.2, 0) is 0 Å². The molecule has 2 N–H and O–H groups in total. The van der Waals surface area contributed by atoms with Crippen LogP contribution in [0.5, 0.6) is 0 Å². The van der Waals surface area contributed by atoms with Gasteiger partial charge in [-0.3, -0.25) is 0 Å². The van der Waals surface area contributed by atoms with Crippen molar-refractivity contribution in [3.63, 3.8) is 0 Å². The Bertz CT molecular complexity index is 508. The maximum atomic E-state index is 10.3. The third-order valence-corrected chi connectivity index (χ3v) is 3.12. The van der Waals surface area contributed by atoms with Crippen molar-refractivity contribution in [2.24, 2.45) is 0 Å². The summed E-state index contributed by atoms with van der Waals surface area (Å²) in [6.07, 6.45) is -0.487. The number of hydrogen-bond donors (Lipinski definition) is 2. The largest absolute Gasteiger partial charge is 0.387 e. The van der Waals surface area contributed by atoms with Crippen molar-refractivity contribution < 1.29 is 5.11 Å². The first-order chi connectivity index (χ1) is 9.18. The van der Waals surface area contributed by atoms with Gasteiger partial charge in [0.1, 0.15) is 0 Å². The second-order valence-electron chi connectivity index (χ2n) is 5.03. The second kappa shape index (κ2) is 6.50. The average molecular weight is 255 g/mol. The van der Waals surface area contributed by atoms with E-state index in [4.69, 9.17) is 0 Å². The summed E-state index contributed by atoms with van der Waals surface area (Å²) in [6.45, 7) is 4.73. The lowest BCUT2D eigenvalue weighted by Crippen LogP contribution is -2.28. The Morgan fingerprint density at radius 2 is 1.58 bits per heavy atom. The van der Waals surface area contributed by atoms with Crippen molar-refractivity contribution in [3.8, 4) is 11.1 Å². The predicted octanol–water partition coefficient (Wildman–Crippen LogP) is 3.39. The summed E-state index contributed by atoms with van der Waals surface area (Å²) in [5.41, 5.74) is 3.21. The molecule has 0 fully saturated rings. The maximum absolute atomic E-state index is 10.3. The molecule has 0 aliphatic heterocycles. The van der Waals surface area contributed by atoms with Crippen LogP contribution in [0, 0.1) is 0 Å². The highest BCUT2D eigenvalue weighted by molar-refractivity contribution is 5.67. The fourth-order valence-corrected chi connectivity index (χ4v) is 2.13. The average Bonchev–Trinajstić information content (AvgIpc) is 2.45. The van der Waals surface area contributed by atoms with E-state index in [1.807, 2.05) is 36.4 Å². The molecule has 2 aromatic carbocycles. The lowest BCUT2D eigenvalue weighted by Gasteiger charge is -2.18. The van der Waals surface area contributed by atoms with Crippen molar-refractivity contribution in [2.45, 2.75) is 26.0 Å². The number of aliphatic hydroxyl groups is 1. The fourth-order valence-electron chi connectivity index (χ4n) is 2.13. The maximum Gasteiger partial charge on any atom is 0.0920 e. The van der Waals surface area contributed by atoms with E-state index in [-0.39, 0.29) is 0 Å². The molecular weight excluding hydrogens is 234 g/mol. The van der Waals surface area contributed by atoms with Gasteiger partial charge >= 0.3 is 0 Å². The quantitative estimate of drug-likeness (QED) is 0.858. The van der Waals surface area contributed by atoms with Gasteiger partial charge in [0, 0.05) is 12.6 Å². The minimum Gasteiger partial charge on any atom is -0.387 e. The molecule has 0 heterocycles. The van der Waals surface area contributed by atoms with E-state index in [1.165, 1.54) is 0 Å². The monoisotopic (exact) mass is 255 g/mol. The van der Waals surface area contributed by atoms with Gasteiger partial charge in [-0.25, -0.2) is 0 Å². The number of rotatable bonds is 5. The van der Waals surface area contributed by atoms with Gasteiger partial charge < -0.3 is 10.4 Å². The van der Waals surface area contributed by atoms with Crippen LogP contribution in [0.2, 0.25) is 0 Å². The fraction of sp³-hybridized carbons (Fsp3) is 0.294. The Kier molecular flexibility index (Phi) is 4.72. The first-order valence-corrected chi connectivity index (χ1v) is 6.74. The minimum absolute atomic E-state index is 0.374. The summed E-state index contributed by atoms with van der Waals surface area (Å²) >= 11 is 0. The van der Waals surface area contributed by atoms with Crippen LogP contribution in [0.1, 0.15) is 25.5 Å². The van der Waals surface area contributed by atoms with Crippen LogP contribution >= 0.6 is 0 Å². The standard InChI is InChI=1S/C17H21NO/c1-13(2)18-12-17(19)16-11-7-6-10-15(16)14-8-4-3-5-9-14/h3-11,13,17-19H,12H2,1-2H3. The predicted molar refractivity (Wildman–Crippen MR) is 80.0 cm³/mol. The van der Waals surface area contributed by atoms with Gasteiger partial charge in [0.05, 0.1) is 6.10 Å². The molecule has 2 aromatic rings. The Morgan fingerprint density at radius 1 is 0.947 bits per heavy atom. The zero-order valence-corrected chi connectivity index (χ0v) is 11.5. The Hall–Kier alpha value is -1.64. The van der Waals surface area contributed by atoms with E-state index in [9.17, 15) is 5.11 Å². The van der Waals surface area contributed by atoms with Gasteiger partial charge in [0.2, 0.25) is 0 Å². The first-order valence-electron chi connectivity index (χ1n) is 6.74. The van der Waals surface area contributed by atoms with Gasteiger partial charge in [-0.1, -0.05) is 68.4 Å². The van der Waals surface area contributed by atoms with Crippen LogP contribution in [-0.4, -0.2) is 17.7 Å². The molecule has 0 aromatic heterocycles. The highest BCUT2D eigenvalue weighted by Crippen LogP contribution is 2.27. The Balaban J connectivity index is 2.26. The molecule has 0 bridgehead atoms.